The number of ether oxygens (including phenoxy) is 3. The molecular weight excluding hydrogens is 394 g/mol. The molecule has 2 rings (SSSR count). The molecule has 0 bridgehead atoms. The van der Waals surface area contributed by atoms with Crippen molar-refractivity contribution in [1.82, 2.24) is 5.32 Å². The number of hydrogen-bond acceptors (Lipinski definition) is 6. The molecule has 2 aromatic carbocycles. The highest BCUT2D eigenvalue weighted by molar-refractivity contribution is 7.99. The number of alkyl carbamates (subject to hydrolysis) is 1. The first-order valence-corrected chi connectivity index (χ1v) is 10.3. The largest absolute Gasteiger partial charge is 0.493 e. The maximum atomic E-state index is 11.8. The van der Waals surface area contributed by atoms with E-state index in [0.29, 0.717) is 29.6 Å². The van der Waals surface area contributed by atoms with Crippen molar-refractivity contribution in [2.45, 2.75) is 19.1 Å². The number of thioether (sulfide) groups is 1. The van der Waals surface area contributed by atoms with Gasteiger partial charge in [0.15, 0.2) is 11.5 Å². The third kappa shape index (κ3) is 8.35. The fourth-order valence-electron chi connectivity index (χ4n) is 2.42. The predicted octanol–water partition coefficient (Wildman–Crippen LogP) is 3.58. The Morgan fingerprint density at radius 3 is 2.41 bits per heavy atom. The van der Waals surface area contributed by atoms with Crippen LogP contribution in [0.25, 0.3) is 0 Å². The van der Waals surface area contributed by atoms with E-state index in [-0.39, 0.29) is 13.0 Å². The number of carbonyl (C=O) groups is 2. The summed E-state index contributed by atoms with van der Waals surface area (Å²) in [4.78, 5) is 23.2. The minimum atomic E-state index is -1.09. The molecule has 2 aromatic rings. The van der Waals surface area contributed by atoms with Crippen LogP contribution in [0.3, 0.4) is 0 Å². The molecule has 0 aliphatic heterocycles. The second-order valence-electron chi connectivity index (χ2n) is 6.00. The highest BCUT2D eigenvalue weighted by Gasteiger charge is 2.20. The zero-order valence-corrected chi connectivity index (χ0v) is 17.0. The van der Waals surface area contributed by atoms with E-state index in [2.05, 4.69) is 5.32 Å². The van der Waals surface area contributed by atoms with Gasteiger partial charge in [-0.2, -0.15) is 11.8 Å². The topological polar surface area (TPSA) is 94.1 Å². The summed E-state index contributed by atoms with van der Waals surface area (Å²) in [5.41, 5.74) is 0.833. The van der Waals surface area contributed by atoms with Gasteiger partial charge in [0.05, 0.1) is 13.7 Å². The molecular formula is C21H25NO6S. The number of carboxylic acid groups (broad SMARTS) is 1. The van der Waals surface area contributed by atoms with Gasteiger partial charge in [0.2, 0.25) is 0 Å². The third-order valence-electron chi connectivity index (χ3n) is 3.91. The maximum absolute atomic E-state index is 11.8. The van der Waals surface area contributed by atoms with Gasteiger partial charge in [0.1, 0.15) is 12.6 Å². The number of carbonyl (C=O) groups excluding carboxylic acids is 1. The summed E-state index contributed by atoms with van der Waals surface area (Å²) in [6, 6.07) is 15.6. The van der Waals surface area contributed by atoms with Crippen LogP contribution in [0.5, 0.6) is 11.5 Å². The number of nitrogens with one attached hydrogen (secondary N) is 1. The van der Waals surface area contributed by atoms with Crippen LogP contribution in [0.15, 0.2) is 54.6 Å². The summed E-state index contributed by atoms with van der Waals surface area (Å²) in [5.74, 6) is 1.49. The summed E-state index contributed by atoms with van der Waals surface area (Å²) in [7, 11) is 1.58. The molecule has 0 saturated heterocycles. The van der Waals surface area contributed by atoms with E-state index < -0.39 is 18.1 Å². The lowest BCUT2D eigenvalue weighted by Gasteiger charge is -2.14. The van der Waals surface area contributed by atoms with Crippen LogP contribution in [-0.2, 0) is 16.1 Å². The molecule has 0 heterocycles. The molecule has 0 aliphatic rings. The van der Waals surface area contributed by atoms with E-state index >= 15 is 0 Å². The molecule has 156 valence electrons. The molecule has 0 fully saturated rings. The highest BCUT2D eigenvalue weighted by Crippen LogP contribution is 2.25. The highest BCUT2D eigenvalue weighted by atomic mass is 32.2. The van der Waals surface area contributed by atoms with Crippen LogP contribution in [-0.4, -0.2) is 48.4 Å². The molecule has 0 aromatic heterocycles. The molecule has 1 amide bonds. The Balaban J connectivity index is 1.64. The van der Waals surface area contributed by atoms with Crippen molar-refractivity contribution in [3.63, 3.8) is 0 Å². The van der Waals surface area contributed by atoms with E-state index in [1.807, 2.05) is 54.6 Å². The Kier molecular flexibility index (Phi) is 9.71. The molecule has 0 saturated carbocycles. The van der Waals surface area contributed by atoms with Crippen molar-refractivity contribution in [2.24, 2.45) is 0 Å². The Hall–Kier alpha value is -2.87. The van der Waals surface area contributed by atoms with Crippen LogP contribution in [0.1, 0.15) is 12.0 Å². The first-order chi connectivity index (χ1) is 14.1. The number of hydrogen-bond donors (Lipinski definition) is 2. The molecule has 0 aliphatic carbocycles. The van der Waals surface area contributed by atoms with E-state index in [0.717, 1.165) is 5.56 Å². The van der Waals surface area contributed by atoms with Gasteiger partial charge in [-0.05, 0) is 29.9 Å². The zero-order chi connectivity index (χ0) is 20.9. The summed E-state index contributed by atoms with van der Waals surface area (Å²) in [6.45, 7) is 0.559. The monoisotopic (exact) mass is 419 g/mol. The molecule has 1 atom stereocenters. The van der Waals surface area contributed by atoms with Crippen molar-refractivity contribution in [1.29, 1.82) is 0 Å². The average Bonchev–Trinajstić information content (AvgIpc) is 2.74. The van der Waals surface area contributed by atoms with Crippen molar-refractivity contribution in [2.75, 3.05) is 25.2 Å². The average molecular weight is 419 g/mol. The van der Waals surface area contributed by atoms with Gasteiger partial charge in [-0.15, -0.1) is 0 Å². The van der Waals surface area contributed by atoms with Gasteiger partial charge in [-0.25, -0.2) is 9.59 Å². The SMILES string of the molecule is COc1ccccc1OCCSCCC(NC(=O)OCc1ccccc1)C(=O)O. The number of rotatable bonds is 12. The smallest absolute Gasteiger partial charge is 0.408 e. The normalized spacial score (nSPS) is 11.3. The lowest BCUT2D eigenvalue weighted by atomic mass is 10.2. The Labute approximate surface area is 174 Å². The lowest BCUT2D eigenvalue weighted by molar-refractivity contribution is -0.139. The first kappa shape index (κ1) is 22.4. The Morgan fingerprint density at radius 2 is 1.72 bits per heavy atom. The van der Waals surface area contributed by atoms with Crippen LogP contribution in [0.2, 0.25) is 0 Å². The molecule has 29 heavy (non-hydrogen) atoms. The minimum Gasteiger partial charge on any atom is -0.493 e. The molecule has 7 nitrogen and oxygen atoms in total. The number of benzene rings is 2. The standard InChI is InChI=1S/C21H25NO6S/c1-26-18-9-5-6-10-19(18)27-12-14-29-13-11-17(20(23)24)22-21(25)28-15-16-7-3-2-4-8-16/h2-10,17H,11-15H2,1H3,(H,22,25)(H,23,24). The molecule has 2 N–H and O–H groups in total. The zero-order valence-electron chi connectivity index (χ0n) is 16.2. The number of para-hydroxylation sites is 2. The number of methoxy groups -OCH3 is 1. The van der Waals surface area contributed by atoms with Crippen molar-refractivity contribution in [3.05, 3.63) is 60.2 Å². The summed E-state index contributed by atoms with van der Waals surface area (Å²) < 4.78 is 16.0. The fraction of sp³-hybridized carbons (Fsp3) is 0.333. The predicted molar refractivity (Wildman–Crippen MR) is 112 cm³/mol. The van der Waals surface area contributed by atoms with Crippen LogP contribution < -0.4 is 14.8 Å². The van der Waals surface area contributed by atoms with Crippen LogP contribution in [0.4, 0.5) is 4.79 Å². The van der Waals surface area contributed by atoms with Gasteiger partial charge in [-0.1, -0.05) is 42.5 Å². The third-order valence-corrected chi connectivity index (χ3v) is 4.89. The minimum absolute atomic E-state index is 0.0913. The number of amides is 1. The fourth-order valence-corrected chi connectivity index (χ4v) is 3.22. The van der Waals surface area contributed by atoms with Crippen molar-refractivity contribution >= 4 is 23.8 Å². The number of aliphatic carboxylic acids is 1. The van der Waals surface area contributed by atoms with Gasteiger partial charge in [-0.3, -0.25) is 0 Å². The second-order valence-corrected chi connectivity index (χ2v) is 7.22. The van der Waals surface area contributed by atoms with Crippen molar-refractivity contribution in [3.8, 4) is 11.5 Å². The first-order valence-electron chi connectivity index (χ1n) is 9.13. The Bertz CT molecular complexity index is 771. The van der Waals surface area contributed by atoms with Gasteiger partial charge >= 0.3 is 12.1 Å². The van der Waals surface area contributed by atoms with Gasteiger partial charge in [0, 0.05) is 5.75 Å². The summed E-state index contributed by atoms with van der Waals surface area (Å²) >= 11 is 1.55. The molecule has 0 spiro atoms. The maximum Gasteiger partial charge on any atom is 0.408 e. The second kappa shape index (κ2) is 12.6. The van der Waals surface area contributed by atoms with E-state index in [9.17, 15) is 14.7 Å². The Morgan fingerprint density at radius 1 is 1.03 bits per heavy atom. The van der Waals surface area contributed by atoms with E-state index in [1.54, 1.807) is 18.9 Å². The molecule has 8 heteroatoms. The molecule has 0 radical (unpaired) electrons. The van der Waals surface area contributed by atoms with E-state index in [4.69, 9.17) is 14.2 Å². The van der Waals surface area contributed by atoms with Gasteiger partial charge < -0.3 is 24.6 Å². The van der Waals surface area contributed by atoms with Crippen molar-refractivity contribution < 1.29 is 28.9 Å². The quantitative estimate of drug-likeness (QED) is 0.508. The van der Waals surface area contributed by atoms with Gasteiger partial charge in [0.25, 0.3) is 0 Å². The van der Waals surface area contributed by atoms with E-state index in [1.165, 1.54) is 0 Å². The number of carboxylic acids is 1. The lowest BCUT2D eigenvalue weighted by Crippen LogP contribution is -2.41. The summed E-state index contributed by atoms with van der Waals surface area (Å²) in [5, 5.41) is 11.7. The summed E-state index contributed by atoms with van der Waals surface area (Å²) in [6.07, 6.45) is -0.458. The van der Waals surface area contributed by atoms with Crippen LogP contribution >= 0.6 is 11.8 Å². The molecule has 1 unspecified atom stereocenters. The van der Waals surface area contributed by atoms with Crippen LogP contribution in [0, 0.1) is 0 Å².